The molecule has 0 amide bonds. The van der Waals surface area contributed by atoms with Gasteiger partial charge in [-0.1, -0.05) is 91.0 Å². The summed E-state index contributed by atoms with van der Waals surface area (Å²) in [5.74, 6) is 0. The summed E-state index contributed by atoms with van der Waals surface area (Å²) in [6, 6.07) is 29.5. The predicted octanol–water partition coefficient (Wildman–Crippen LogP) is 6.42. The van der Waals surface area contributed by atoms with Gasteiger partial charge in [0.25, 0.3) is 6.43 Å². The molecule has 0 N–H and O–H groups in total. The first-order valence-corrected chi connectivity index (χ1v) is 9.63. The summed E-state index contributed by atoms with van der Waals surface area (Å²) >= 11 is 3.26. The van der Waals surface area contributed by atoms with Gasteiger partial charge in [-0.05, 0) is 32.6 Å². The zero-order chi connectivity index (χ0) is 19.6. The smallest absolute Gasteiger partial charge is 0.251 e. The van der Waals surface area contributed by atoms with Crippen molar-refractivity contribution >= 4 is 15.9 Å². The molecule has 5 heteroatoms. The van der Waals surface area contributed by atoms with Crippen LogP contribution in [0.4, 0.5) is 8.78 Å². The molecule has 4 rings (SSSR count). The molecule has 0 aliphatic rings. The van der Waals surface area contributed by atoms with Gasteiger partial charge in [-0.25, -0.2) is 8.78 Å². The molecule has 1 heterocycles. The van der Waals surface area contributed by atoms with Crippen molar-refractivity contribution in [2.75, 3.05) is 0 Å². The first kappa shape index (κ1) is 18.6. The average molecular weight is 439 g/mol. The minimum atomic E-state index is -2.67. The second-order valence-corrected chi connectivity index (χ2v) is 7.27. The number of rotatable bonds is 5. The first-order chi connectivity index (χ1) is 13.6. The van der Waals surface area contributed by atoms with Crippen molar-refractivity contribution < 1.29 is 8.78 Å². The number of aromatic nitrogens is 2. The van der Waals surface area contributed by atoms with Gasteiger partial charge in [0.2, 0.25) is 0 Å². The number of hydrogen-bond acceptors (Lipinski definition) is 1. The second-order valence-electron chi connectivity index (χ2n) is 6.42. The molecule has 140 valence electrons. The van der Waals surface area contributed by atoms with Crippen LogP contribution >= 0.6 is 15.9 Å². The number of hydrogen-bond donors (Lipinski definition) is 0. The average Bonchev–Trinajstić information content (AvgIpc) is 3.13. The van der Waals surface area contributed by atoms with E-state index in [1.54, 1.807) is 10.9 Å². The van der Waals surface area contributed by atoms with Crippen molar-refractivity contribution in [3.63, 3.8) is 0 Å². The van der Waals surface area contributed by atoms with Gasteiger partial charge < -0.3 is 0 Å². The number of benzene rings is 3. The van der Waals surface area contributed by atoms with E-state index in [4.69, 9.17) is 0 Å². The second kappa shape index (κ2) is 7.68. The molecule has 0 fully saturated rings. The fraction of sp³-hybridized carbons (Fsp3) is 0.0870. The van der Waals surface area contributed by atoms with Gasteiger partial charge in [-0.3, -0.25) is 4.68 Å². The van der Waals surface area contributed by atoms with Crippen LogP contribution in [0.1, 0.15) is 28.8 Å². The molecule has 0 spiro atoms. The third-order valence-electron chi connectivity index (χ3n) is 4.82. The van der Waals surface area contributed by atoms with E-state index in [2.05, 4.69) is 21.0 Å². The topological polar surface area (TPSA) is 17.8 Å². The molecular formula is C23H17BrF2N2. The molecule has 0 aliphatic carbocycles. The number of nitrogens with zero attached hydrogens (tertiary/aromatic N) is 2. The molecule has 3 aromatic carbocycles. The third kappa shape index (κ3) is 3.06. The van der Waals surface area contributed by atoms with Crippen LogP contribution in [0.15, 0.2) is 102 Å². The zero-order valence-electron chi connectivity index (χ0n) is 14.8. The van der Waals surface area contributed by atoms with E-state index in [1.165, 1.54) is 0 Å². The summed E-state index contributed by atoms with van der Waals surface area (Å²) in [4.78, 5) is 0. The molecule has 28 heavy (non-hydrogen) atoms. The molecule has 0 aliphatic heterocycles. The zero-order valence-corrected chi connectivity index (χ0v) is 16.4. The number of alkyl halides is 2. The maximum atomic E-state index is 13.5. The van der Waals surface area contributed by atoms with Crippen LogP contribution in [0.25, 0.3) is 0 Å². The van der Waals surface area contributed by atoms with E-state index in [0.29, 0.717) is 0 Å². The Kier molecular flexibility index (Phi) is 5.09. The van der Waals surface area contributed by atoms with Gasteiger partial charge >= 0.3 is 0 Å². The SMILES string of the molecule is FC(F)c1nn(C(c2ccccc2)(c2ccccc2)c2ccccc2)cc1Br. The Morgan fingerprint density at radius 2 is 1.11 bits per heavy atom. The van der Waals surface area contributed by atoms with Crippen molar-refractivity contribution in [2.45, 2.75) is 12.0 Å². The van der Waals surface area contributed by atoms with E-state index >= 15 is 0 Å². The van der Waals surface area contributed by atoms with Crippen LogP contribution in [0.5, 0.6) is 0 Å². The fourth-order valence-electron chi connectivity index (χ4n) is 3.62. The lowest BCUT2D eigenvalue weighted by Crippen LogP contribution is -2.38. The lowest BCUT2D eigenvalue weighted by Gasteiger charge is -2.36. The molecule has 0 radical (unpaired) electrons. The predicted molar refractivity (Wildman–Crippen MR) is 109 cm³/mol. The monoisotopic (exact) mass is 438 g/mol. The van der Waals surface area contributed by atoms with Gasteiger partial charge in [-0.15, -0.1) is 0 Å². The summed E-state index contributed by atoms with van der Waals surface area (Å²) in [5, 5.41) is 4.33. The Morgan fingerprint density at radius 1 is 0.714 bits per heavy atom. The summed E-state index contributed by atoms with van der Waals surface area (Å²) < 4.78 is 29.0. The van der Waals surface area contributed by atoms with Crippen molar-refractivity contribution in [1.29, 1.82) is 0 Å². The molecule has 1 aromatic heterocycles. The number of halogens is 3. The van der Waals surface area contributed by atoms with E-state index < -0.39 is 12.0 Å². The van der Waals surface area contributed by atoms with E-state index in [1.807, 2.05) is 91.0 Å². The van der Waals surface area contributed by atoms with Crippen molar-refractivity contribution in [3.8, 4) is 0 Å². The normalized spacial score (nSPS) is 11.7. The highest BCUT2D eigenvalue weighted by Crippen LogP contribution is 2.41. The third-order valence-corrected chi connectivity index (χ3v) is 5.43. The molecular weight excluding hydrogens is 422 g/mol. The molecule has 0 unspecified atom stereocenters. The van der Waals surface area contributed by atoms with Crippen molar-refractivity contribution in [1.82, 2.24) is 9.78 Å². The van der Waals surface area contributed by atoms with Crippen molar-refractivity contribution in [3.05, 3.63) is 124 Å². The molecule has 4 aromatic rings. The standard InChI is InChI=1S/C23H17BrF2N2/c24-20-16-28(27-21(20)22(25)26)23(17-10-4-1-5-11-17,18-12-6-2-7-13-18)19-14-8-3-9-15-19/h1-16,22H. The molecule has 0 atom stereocenters. The maximum absolute atomic E-state index is 13.5. The van der Waals surface area contributed by atoms with E-state index in [-0.39, 0.29) is 10.2 Å². The Morgan fingerprint density at radius 3 is 1.43 bits per heavy atom. The Bertz CT molecular complexity index is 951. The molecule has 2 nitrogen and oxygen atoms in total. The van der Waals surface area contributed by atoms with Crippen LogP contribution in [-0.4, -0.2) is 9.78 Å². The summed E-state index contributed by atoms with van der Waals surface area (Å²) in [6.07, 6.45) is -1.04. The van der Waals surface area contributed by atoms with Crippen molar-refractivity contribution in [2.24, 2.45) is 0 Å². The molecule has 0 saturated heterocycles. The van der Waals surface area contributed by atoms with Crippen LogP contribution in [-0.2, 0) is 5.54 Å². The van der Waals surface area contributed by atoms with E-state index in [9.17, 15) is 8.78 Å². The highest BCUT2D eigenvalue weighted by molar-refractivity contribution is 9.10. The Hall–Kier alpha value is -2.79. The van der Waals surface area contributed by atoms with Gasteiger partial charge in [0, 0.05) is 6.20 Å². The van der Waals surface area contributed by atoms with Crippen LogP contribution in [0.2, 0.25) is 0 Å². The highest BCUT2D eigenvalue weighted by Gasteiger charge is 2.40. The van der Waals surface area contributed by atoms with E-state index in [0.717, 1.165) is 16.7 Å². The molecule has 0 bridgehead atoms. The summed E-state index contributed by atoms with van der Waals surface area (Å²) in [6.45, 7) is 0. The highest BCUT2D eigenvalue weighted by atomic mass is 79.9. The van der Waals surface area contributed by atoms with Crippen LogP contribution in [0.3, 0.4) is 0 Å². The fourth-order valence-corrected chi connectivity index (χ4v) is 4.07. The summed E-state index contributed by atoms with van der Waals surface area (Å²) in [7, 11) is 0. The minimum absolute atomic E-state index is 0.271. The maximum Gasteiger partial charge on any atom is 0.283 e. The molecule has 0 saturated carbocycles. The lowest BCUT2D eigenvalue weighted by atomic mass is 9.77. The van der Waals surface area contributed by atoms with Crippen LogP contribution in [0, 0.1) is 0 Å². The summed E-state index contributed by atoms with van der Waals surface area (Å²) in [5.41, 5.74) is 1.64. The largest absolute Gasteiger partial charge is 0.283 e. The Labute approximate surface area is 170 Å². The Balaban J connectivity index is 2.12. The quantitative estimate of drug-likeness (QED) is 0.328. The minimum Gasteiger partial charge on any atom is -0.251 e. The van der Waals surface area contributed by atoms with Gasteiger partial charge in [0.1, 0.15) is 11.2 Å². The first-order valence-electron chi connectivity index (χ1n) is 8.84. The van der Waals surface area contributed by atoms with Gasteiger partial charge in [0.15, 0.2) is 0 Å². The van der Waals surface area contributed by atoms with Crippen LogP contribution < -0.4 is 0 Å². The van der Waals surface area contributed by atoms with Gasteiger partial charge in [0.05, 0.1) is 4.47 Å². The van der Waals surface area contributed by atoms with Gasteiger partial charge in [-0.2, -0.15) is 5.10 Å². The lowest BCUT2D eigenvalue weighted by molar-refractivity contribution is 0.143.